The van der Waals surface area contributed by atoms with Crippen molar-refractivity contribution >= 4 is 16.7 Å². The Labute approximate surface area is 112 Å². The Kier molecular flexibility index (Phi) is 2.78. The number of aryl methyl sites for hydroxylation is 3. The molecule has 0 saturated heterocycles. The summed E-state index contributed by atoms with van der Waals surface area (Å²) in [6.45, 7) is 4.76. The molecule has 0 bridgehead atoms. The van der Waals surface area contributed by atoms with Gasteiger partial charge < -0.3 is 9.73 Å². The monoisotopic (exact) mass is 255 g/mol. The third-order valence-corrected chi connectivity index (χ3v) is 3.37. The van der Waals surface area contributed by atoms with Gasteiger partial charge in [-0.05, 0) is 19.9 Å². The molecule has 3 aromatic rings. The normalized spacial score (nSPS) is 11.1. The van der Waals surface area contributed by atoms with Crippen LogP contribution in [0.15, 0.2) is 34.9 Å². The molecule has 0 unspecified atom stereocenters. The van der Waals surface area contributed by atoms with Crippen molar-refractivity contribution < 1.29 is 4.42 Å². The minimum absolute atomic E-state index is 0.745. The van der Waals surface area contributed by atoms with Crippen LogP contribution in [0.1, 0.15) is 17.0 Å². The van der Waals surface area contributed by atoms with Gasteiger partial charge in [-0.1, -0.05) is 18.2 Å². The molecule has 0 saturated carbocycles. The lowest BCUT2D eigenvalue weighted by atomic mass is 10.1. The zero-order valence-corrected chi connectivity index (χ0v) is 11.4. The van der Waals surface area contributed by atoms with Gasteiger partial charge in [-0.3, -0.25) is 4.68 Å². The standard InChI is InChI=1S/C15H17N3O/c1-10-14(9-18(3)17-10)16-8-13-11(2)19-15-7-5-4-6-12(13)15/h4-7,9,16H,8H2,1-3H3. The Hall–Kier alpha value is -2.23. The van der Waals surface area contributed by atoms with Crippen molar-refractivity contribution in [1.82, 2.24) is 9.78 Å². The average Bonchev–Trinajstić information content (AvgIpc) is 2.86. The van der Waals surface area contributed by atoms with E-state index in [-0.39, 0.29) is 0 Å². The molecule has 98 valence electrons. The van der Waals surface area contributed by atoms with Gasteiger partial charge in [0.25, 0.3) is 0 Å². The van der Waals surface area contributed by atoms with Crippen LogP contribution in [-0.4, -0.2) is 9.78 Å². The number of hydrogen-bond acceptors (Lipinski definition) is 3. The fourth-order valence-corrected chi connectivity index (χ4v) is 2.40. The molecule has 0 amide bonds. The second kappa shape index (κ2) is 4.46. The van der Waals surface area contributed by atoms with Gasteiger partial charge in [0.05, 0.1) is 11.4 Å². The van der Waals surface area contributed by atoms with Crippen molar-refractivity contribution in [1.29, 1.82) is 0 Å². The van der Waals surface area contributed by atoms with E-state index in [2.05, 4.69) is 16.5 Å². The van der Waals surface area contributed by atoms with E-state index in [1.54, 1.807) is 0 Å². The summed E-state index contributed by atoms with van der Waals surface area (Å²) < 4.78 is 7.58. The van der Waals surface area contributed by atoms with Crippen molar-refractivity contribution in [2.24, 2.45) is 7.05 Å². The fourth-order valence-electron chi connectivity index (χ4n) is 2.40. The van der Waals surface area contributed by atoms with Crippen LogP contribution in [0.25, 0.3) is 11.0 Å². The quantitative estimate of drug-likeness (QED) is 0.780. The van der Waals surface area contributed by atoms with Gasteiger partial charge in [-0.15, -0.1) is 0 Å². The number of anilines is 1. The molecule has 2 heterocycles. The highest BCUT2D eigenvalue weighted by molar-refractivity contribution is 5.82. The molecule has 4 heteroatoms. The van der Waals surface area contributed by atoms with Crippen molar-refractivity contribution in [2.75, 3.05) is 5.32 Å². The molecule has 4 nitrogen and oxygen atoms in total. The van der Waals surface area contributed by atoms with Crippen LogP contribution in [-0.2, 0) is 13.6 Å². The van der Waals surface area contributed by atoms with E-state index in [1.165, 1.54) is 10.9 Å². The molecule has 19 heavy (non-hydrogen) atoms. The van der Waals surface area contributed by atoms with Crippen LogP contribution < -0.4 is 5.32 Å². The third-order valence-electron chi connectivity index (χ3n) is 3.37. The molecular weight excluding hydrogens is 238 g/mol. The van der Waals surface area contributed by atoms with Crippen LogP contribution in [0.4, 0.5) is 5.69 Å². The summed E-state index contributed by atoms with van der Waals surface area (Å²) >= 11 is 0. The molecule has 0 aliphatic carbocycles. The first-order valence-electron chi connectivity index (χ1n) is 6.36. The first-order chi connectivity index (χ1) is 9.15. The lowest BCUT2D eigenvalue weighted by molar-refractivity contribution is 0.573. The van der Waals surface area contributed by atoms with Gasteiger partial charge in [0.15, 0.2) is 0 Å². The first kappa shape index (κ1) is 11.8. The van der Waals surface area contributed by atoms with E-state index in [0.717, 1.165) is 29.3 Å². The third kappa shape index (κ3) is 2.10. The number of nitrogens with zero attached hydrogens (tertiary/aromatic N) is 2. The summed E-state index contributed by atoms with van der Waals surface area (Å²) in [5, 5.41) is 8.93. The largest absolute Gasteiger partial charge is 0.461 e. The molecule has 0 atom stereocenters. The van der Waals surface area contributed by atoms with Gasteiger partial charge in [0.1, 0.15) is 11.3 Å². The molecule has 0 aliphatic rings. The minimum atomic E-state index is 0.745. The van der Waals surface area contributed by atoms with Gasteiger partial charge >= 0.3 is 0 Å². The van der Waals surface area contributed by atoms with Crippen LogP contribution in [0.5, 0.6) is 0 Å². The highest BCUT2D eigenvalue weighted by Crippen LogP contribution is 2.26. The molecular formula is C15H17N3O. The van der Waals surface area contributed by atoms with Crippen molar-refractivity contribution in [3.63, 3.8) is 0 Å². The highest BCUT2D eigenvalue weighted by atomic mass is 16.3. The van der Waals surface area contributed by atoms with Crippen molar-refractivity contribution in [2.45, 2.75) is 20.4 Å². The smallest absolute Gasteiger partial charge is 0.134 e. The number of aromatic nitrogens is 2. The van der Waals surface area contributed by atoms with Crippen LogP contribution in [0.3, 0.4) is 0 Å². The number of fused-ring (bicyclic) bond motifs is 1. The maximum Gasteiger partial charge on any atom is 0.134 e. The summed E-state index contributed by atoms with van der Waals surface area (Å²) in [6.07, 6.45) is 1.99. The Balaban J connectivity index is 1.89. The number of furan rings is 1. The number of para-hydroxylation sites is 1. The van der Waals surface area contributed by atoms with Crippen molar-refractivity contribution in [3.8, 4) is 0 Å². The van der Waals surface area contributed by atoms with E-state index >= 15 is 0 Å². The summed E-state index contributed by atoms with van der Waals surface area (Å²) in [6, 6.07) is 8.13. The second-order valence-electron chi connectivity index (χ2n) is 4.79. The molecule has 0 spiro atoms. The molecule has 0 radical (unpaired) electrons. The van der Waals surface area contributed by atoms with Crippen LogP contribution in [0, 0.1) is 13.8 Å². The molecule has 3 rings (SSSR count). The van der Waals surface area contributed by atoms with Gasteiger partial charge in [-0.25, -0.2) is 0 Å². The molecule has 1 N–H and O–H groups in total. The lowest BCUT2D eigenvalue weighted by Crippen LogP contribution is -2.00. The predicted octanol–water partition coefficient (Wildman–Crippen LogP) is 3.40. The SMILES string of the molecule is Cc1nn(C)cc1NCc1c(C)oc2ccccc12. The van der Waals surface area contributed by atoms with E-state index in [1.807, 2.05) is 50.0 Å². The molecule has 0 fully saturated rings. The zero-order chi connectivity index (χ0) is 13.4. The lowest BCUT2D eigenvalue weighted by Gasteiger charge is -2.04. The predicted molar refractivity (Wildman–Crippen MR) is 76.2 cm³/mol. The topological polar surface area (TPSA) is 43.0 Å². The van der Waals surface area contributed by atoms with Crippen LogP contribution in [0.2, 0.25) is 0 Å². The maximum atomic E-state index is 5.76. The molecule has 2 aromatic heterocycles. The Bertz CT molecular complexity index is 724. The van der Waals surface area contributed by atoms with E-state index in [4.69, 9.17) is 4.42 Å². The minimum Gasteiger partial charge on any atom is -0.461 e. The summed E-state index contributed by atoms with van der Waals surface area (Å²) in [5.74, 6) is 0.968. The maximum absolute atomic E-state index is 5.76. The number of hydrogen-bond donors (Lipinski definition) is 1. The summed E-state index contributed by atoms with van der Waals surface area (Å²) in [7, 11) is 1.93. The van der Waals surface area contributed by atoms with Gasteiger partial charge in [0, 0.05) is 30.7 Å². The van der Waals surface area contributed by atoms with Crippen molar-refractivity contribution in [3.05, 3.63) is 47.5 Å². The highest BCUT2D eigenvalue weighted by Gasteiger charge is 2.11. The van der Waals surface area contributed by atoms with Gasteiger partial charge in [-0.2, -0.15) is 5.10 Å². The van der Waals surface area contributed by atoms with E-state index < -0.39 is 0 Å². The Morgan fingerprint density at radius 1 is 1.26 bits per heavy atom. The summed E-state index contributed by atoms with van der Waals surface area (Å²) in [5.41, 5.74) is 4.22. The number of benzene rings is 1. The second-order valence-corrected chi connectivity index (χ2v) is 4.79. The number of nitrogens with one attached hydrogen (secondary N) is 1. The fraction of sp³-hybridized carbons (Fsp3) is 0.267. The summed E-state index contributed by atoms with van der Waals surface area (Å²) in [4.78, 5) is 0. The Morgan fingerprint density at radius 3 is 2.79 bits per heavy atom. The number of rotatable bonds is 3. The van der Waals surface area contributed by atoms with E-state index in [0.29, 0.717) is 0 Å². The zero-order valence-electron chi connectivity index (χ0n) is 11.4. The molecule has 1 aromatic carbocycles. The molecule has 0 aliphatic heterocycles. The van der Waals surface area contributed by atoms with Crippen LogP contribution >= 0.6 is 0 Å². The Morgan fingerprint density at radius 2 is 2.05 bits per heavy atom. The average molecular weight is 255 g/mol. The van der Waals surface area contributed by atoms with Gasteiger partial charge in [0.2, 0.25) is 0 Å². The van der Waals surface area contributed by atoms with E-state index in [9.17, 15) is 0 Å². The first-order valence-corrected chi connectivity index (χ1v) is 6.36.